The molecule has 1 aliphatic rings. The third-order valence-electron chi connectivity index (χ3n) is 2.41. The van der Waals surface area contributed by atoms with Crippen LogP contribution >= 0.6 is 11.6 Å². The maximum absolute atomic E-state index is 11.5. The summed E-state index contributed by atoms with van der Waals surface area (Å²) in [4.78, 5) is 25.8. The van der Waals surface area contributed by atoms with Crippen molar-refractivity contribution in [2.45, 2.75) is 19.4 Å². The van der Waals surface area contributed by atoms with E-state index in [1.165, 1.54) is 4.57 Å². The molecule has 1 aromatic rings. The van der Waals surface area contributed by atoms with E-state index in [4.69, 9.17) is 16.7 Å². The fourth-order valence-corrected chi connectivity index (χ4v) is 1.96. The van der Waals surface area contributed by atoms with Gasteiger partial charge in [0.15, 0.2) is 0 Å². The molecule has 0 amide bonds. The van der Waals surface area contributed by atoms with Gasteiger partial charge >= 0.3 is 11.7 Å². The molecule has 1 aromatic heterocycles. The van der Waals surface area contributed by atoms with Crippen LogP contribution in [0.15, 0.2) is 4.79 Å². The summed E-state index contributed by atoms with van der Waals surface area (Å²) >= 11 is 5.78. The highest BCUT2D eigenvalue weighted by molar-refractivity contribution is 6.30. The van der Waals surface area contributed by atoms with Gasteiger partial charge in [-0.15, -0.1) is 0 Å². The molecule has 0 atom stereocenters. The number of carboxylic acid groups (broad SMARTS) is 1. The number of aromatic nitrogens is 2. The Balaban J connectivity index is 2.58. The lowest BCUT2D eigenvalue weighted by Gasteiger charge is -2.22. The van der Waals surface area contributed by atoms with Gasteiger partial charge in [0.25, 0.3) is 0 Å². The van der Waals surface area contributed by atoms with E-state index < -0.39 is 11.7 Å². The van der Waals surface area contributed by atoms with Gasteiger partial charge in [-0.3, -0.25) is 9.36 Å². The summed E-state index contributed by atoms with van der Waals surface area (Å²) in [7, 11) is 0. The molecule has 0 saturated heterocycles. The van der Waals surface area contributed by atoms with Gasteiger partial charge in [-0.25, -0.2) is 4.79 Å². The van der Waals surface area contributed by atoms with E-state index in [2.05, 4.69) is 10.3 Å². The van der Waals surface area contributed by atoms with E-state index >= 15 is 0 Å². The topological polar surface area (TPSA) is 84.2 Å². The van der Waals surface area contributed by atoms with E-state index in [0.29, 0.717) is 24.5 Å². The number of hydrogen-bond acceptors (Lipinski definition) is 4. The number of aliphatic carboxylic acids is 1. The normalized spacial score (nSPS) is 14.1. The van der Waals surface area contributed by atoms with Crippen LogP contribution in [0.1, 0.15) is 12.0 Å². The lowest BCUT2D eigenvalue weighted by Crippen LogP contribution is -2.32. The molecule has 16 heavy (non-hydrogen) atoms. The fraction of sp³-hybridized carbons (Fsp3) is 0.444. The number of halogens is 1. The van der Waals surface area contributed by atoms with E-state index in [1.54, 1.807) is 0 Å². The molecule has 2 rings (SSSR count). The zero-order chi connectivity index (χ0) is 11.7. The van der Waals surface area contributed by atoms with E-state index in [9.17, 15) is 9.59 Å². The van der Waals surface area contributed by atoms with Crippen molar-refractivity contribution in [2.24, 2.45) is 0 Å². The first kappa shape index (κ1) is 10.9. The molecule has 0 spiro atoms. The quantitative estimate of drug-likeness (QED) is 0.732. The van der Waals surface area contributed by atoms with Gasteiger partial charge in [-0.1, -0.05) is 11.6 Å². The largest absolute Gasteiger partial charge is 0.481 e. The number of hydrogen-bond donors (Lipinski definition) is 2. The van der Waals surface area contributed by atoms with Crippen molar-refractivity contribution in [3.05, 3.63) is 21.2 Å². The Morgan fingerprint density at radius 3 is 3.06 bits per heavy atom. The molecule has 0 radical (unpaired) electrons. The first-order chi connectivity index (χ1) is 7.59. The van der Waals surface area contributed by atoms with Gasteiger partial charge in [0.1, 0.15) is 11.0 Å². The molecule has 0 fully saturated rings. The number of nitrogens with one attached hydrogen (secondary N) is 1. The summed E-state index contributed by atoms with van der Waals surface area (Å²) in [6.07, 6.45) is 0.567. The predicted molar refractivity (Wildman–Crippen MR) is 58.0 cm³/mol. The number of anilines is 1. The molecule has 0 unspecified atom stereocenters. The molecule has 2 N–H and O–H groups in total. The molecular weight excluding hydrogens is 234 g/mol. The minimum absolute atomic E-state index is 0.0342. The van der Waals surface area contributed by atoms with Gasteiger partial charge in [0.05, 0.1) is 6.42 Å². The van der Waals surface area contributed by atoms with Crippen LogP contribution in [0.25, 0.3) is 0 Å². The van der Waals surface area contributed by atoms with E-state index in [0.717, 1.165) is 6.42 Å². The van der Waals surface area contributed by atoms with Crippen LogP contribution < -0.4 is 11.0 Å². The third kappa shape index (κ3) is 1.88. The monoisotopic (exact) mass is 243 g/mol. The number of nitrogens with zero attached hydrogens (tertiary/aromatic N) is 2. The summed E-state index contributed by atoms with van der Waals surface area (Å²) in [6.45, 7) is 1.24. The first-order valence-electron chi connectivity index (χ1n) is 4.84. The SMILES string of the molecule is O=C(O)Cc1c(Cl)nc(=O)n2c1NCCC2. The van der Waals surface area contributed by atoms with Crippen LogP contribution in [0.2, 0.25) is 5.15 Å². The average Bonchev–Trinajstić information content (AvgIpc) is 2.24. The van der Waals surface area contributed by atoms with Crippen molar-refractivity contribution < 1.29 is 9.90 Å². The first-order valence-corrected chi connectivity index (χ1v) is 5.22. The second-order valence-electron chi connectivity index (χ2n) is 3.51. The smallest absolute Gasteiger partial charge is 0.350 e. The molecule has 0 aliphatic carbocycles. The van der Waals surface area contributed by atoms with Crippen LogP contribution in [0.4, 0.5) is 5.82 Å². The van der Waals surface area contributed by atoms with E-state index in [1.807, 2.05) is 0 Å². The maximum Gasteiger partial charge on any atom is 0.350 e. The molecule has 0 bridgehead atoms. The predicted octanol–water partition coefficient (Wildman–Crippen LogP) is 0.339. The maximum atomic E-state index is 11.5. The molecule has 0 saturated carbocycles. The van der Waals surface area contributed by atoms with Gasteiger partial charge < -0.3 is 10.4 Å². The second kappa shape index (κ2) is 4.13. The molecule has 0 aromatic carbocycles. The summed E-state index contributed by atoms with van der Waals surface area (Å²) in [5, 5.41) is 11.7. The van der Waals surface area contributed by atoms with E-state index in [-0.39, 0.29) is 11.6 Å². The molecule has 6 nitrogen and oxygen atoms in total. The molecular formula is C9H10ClN3O3. The second-order valence-corrected chi connectivity index (χ2v) is 3.87. The highest BCUT2D eigenvalue weighted by Crippen LogP contribution is 2.23. The van der Waals surface area contributed by atoms with Crippen LogP contribution in [-0.2, 0) is 17.8 Å². The summed E-state index contributed by atoms with van der Waals surface area (Å²) in [6, 6.07) is 0. The highest BCUT2D eigenvalue weighted by Gasteiger charge is 2.20. The van der Waals surface area contributed by atoms with Crippen molar-refractivity contribution in [3.63, 3.8) is 0 Å². The van der Waals surface area contributed by atoms with Crippen molar-refractivity contribution in [1.29, 1.82) is 0 Å². The van der Waals surface area contributed by atoms with Crippen LogP contribution in [-0.4, -0.2) is 27.2 Å². The minimum Gasteiger partial charge on any atom is -0.481 e. The van der Waals surface area contributed by atoms with Crippen LogP contribution in [0, 0.1) is 0 Å². The van der Waals surface area contributed by atoms with Crippen LogP contribution in [0.5, 0.6) is 0 Å². The van der Waals surface area contributed by atoms with Crippen molar-refractivity contribution in [2.75, 3.05) is 11.9 Å². The minimum atomic E-state index is -1.00. The van der Waals surface area contributed by atoms with Crippen LogP contribution in [0.3, 0.4) is 0 Å². The van der Waals surface area contributed by atoms with Crippen molar-refractivity contribution >= 4 is 23.4 Å². The Labute approximate surface area is 95.9 Å². The van der Waals surface area contributed by atoms with Gasteiger partial charge in [-0.2, -0.15) is 4.98 Å². The molecule has 7 heteroatoms. The van der Waals surface area contributed by atoms with Gasteiger partial charge in [-0.05, 0) is 6.42 Å². The summed E-state index contributed by atoms with van der Waals surface area (Å²) in [5.41, 5.74) is -0.0743. The Hall–Kier alpha value is -1.56. The Morgan fingerprint density at radius 1 is 1.62 bits per heavy atom. The number of carbonyl (C=O) groups is 1. The summed E-state index contributed by atoms with van der Waals surface area (Å²) < 4.78 is 1.42. The number of carboxylic acids is 1. The summed E-state index contributed by atoms with van der Waals surface area (Å²) in [5.74, 6) is -0.517. The van der Waals surface area contributed by atoms with Crippen molar-refractivity contribution in [3.8, 4) is 0 Å². The average molecular weight is 244 g/mol. The Bertz CT molecular complexity index is 498. The standard InChI is InChI=1S/C9H10ClN3O3/c10-7-5(4-6(14)15)8-11-2-1-3-13(8)9(16)12-7/h11H,1-4H2,(H,14,15). The lowest BCUT2D eigenvalue weighted by atomic mass is 10.2. The molecule has 1 aliphatic heterocycles. The molecule has 86 valence electrons. The number of fused-ring (bicyclic) bond motifs is 1. The Morgan fingerprint density at radius 2 is 2.38 bits per heavy atom. The number of rotatable bonds is 2. The van der Waals surface area contributed by atoms with Gasteiger partial charge in [0, 0.05) is 18.7 Å². The Kier molecular flexibility index (Phi) is 2.82. The fourth-order valence-electron chi connectivity index (χ4n) is 1.73. The highest BCUT2D eigenvalue weighted by atomic mass is 35.5. The third-order valence-corrected chi connectivity index (χ3v) is 2.72. The lowest BCUT2D eigenvalue weighted by molar-refractivity contribution is -0.136. The zero-order valence-electron chi connectivity index (χ0n) is 8.36. The van der Waals surface area contributed by atoms with Gasteiger partial charge in [0.2, 0.25) is 0 Å². The zero-order valence-corrected chi connectivity index (χ0v) is 9.12. The molecule has 2 heterocycles. The van der Waals surface area contributed by atoms with Crippen molar-refractivity contribution in [1.82, 2.24) is 9.55 Å².